The topological polar surface area (TPSA) is 150 Å². The Balaban J connectivity index is 0. The third-order valence-electron chi connectivity index (χ3n) is 4.89. The van der Waals surface area contributed by atoms with Crippen LogP contribution in [0.3, 0.4) is 0 Å². The molecule has 0 aromatic carbocycles. The number of halogens is 14. The molecule has 0 heterocycles. The lowest BCUT2D eigenvalue weighted by atomic mass is 10.2. The summed E-state index contributed by atoms with van der Waals surface area (Å²) in [6, 6.07) is 0. The molecule has 0 amide bonds. The fourth-order valence-electron chi connectivity index (χ4n) is 1.93. The molecule has 27 heteroatoms. The lowest BCUT2D eigenvalue weighted by Crippen LogP contribution is -2.57. The lowest BCUT2D eigenvalue weighted by molar-refractivity contribution is -0.309. The minimum atomic E-state index is -6.68. The average molecular weight is 751 g/mol. The Morgan fingerprint density at radius 3 is 1.16 bits per heavy atom. The van der Waals surface area contributed by atoms with Gasteiger partial charge in [0.15, 0.2) is 6.29 Å². The molecule has 0 aliphatic heterocycles. The molecular weight excluding hydrogens is 726 g/mol. The van der Waals surface area contributed by atoms with Crippen molar-refractivity contribution in [3.63, 3.8) is 0 Å². The van der Waals surface area contributed by atoms with Crippen LogP contribution in [0.1, 0.15) is 33.6 Å². The van der Waals surface area contributed by atoms with Crippen LogP contribution in [0.2, 0.25) is 0 Å². The van der Waals surface area contributed by atoms with Gasteiger partial charge in [-0.15, -0.1) is 0 Å². The maximum atomic E-state index is 13.7. The highest BCUT2D eigenvalue weighted by atomic mass is 32.2. The summed E-state index contributed by atoms with van der Waals surface area (Å²) in [5.41, 5.74) is 0. The van der Waals surface area contributed by atoms with Gasteiger partial charge in [-0.1, -0.05) is 6.92 Å². The van der Waals surface area contributed by atoms with Gasteiger partial charge in [0, 0.05) is 0 Å². The Morgan fingerprint density at radius 1 is 0.636 bits per heavy atom. The molecule has 0 aliphatic carbocycles. The van der Waals surface area contributed by atoms with E-state index in [0.717, 1.165) is 0 Å². The van der Waals surface area contributed by atoms with Crippen molar-refractivity contribution >= 4 is 30.4 Å². The molecule has 0 bridgehead atoms. The number of aliphatic hydroxyl groups is 1. The fraction of sp³-hybridized carbons (Fsp3) is 1.00. The van der Waals surface area contributed by atoms with E-state index < -0.39 is 123 Å². The van der Waals surface area contributed by atoms with E-state index in [4.69, 9.17) is 5.11 Å². The number of hydrogen-bond acceptors (Lipinski definition) is 10. The van der Waals surface area contributed by atoms with E-state index in [1.54, 1.807) is 0 Å². The standard InChI is InChI=1S/C11H12F12O6S2.C6H12F2O4S/c1-6(12,8(14,15)10(18,19)20)30(24,25)28-4-3-5-29-31(26,27)7(2,13)9(16,17)11(21,22)23;1-2-6(9)12-13(10,11)5(3-7)4-8/h3-5H2,1-2H3;5-6,9H,2-4H2,1H3. The lowest BCUT2D eigenvalue weighted by Gasteiger charge is -2.30. The van der Waals surface area contributed by atoms with Gasteiger partial charge in [-0.2, -0.15) is 69.2 Å². The molecule has 0 spiro atoms. The zero-order chi connectivity index (χ0) is 36.0. The van der Waals surface area contributed by atoms with Gasteiger partial charge < -0.3 is 5.11 Å². The van der Waals surface area contributed by atoms with Crippen molar-refractivity contribution in [3.8, 4) is 0 Å². The molecule has 0 saturated carbocycles. The minimum Gasteiger partial charge on any atom is -0.367 e. The first-order valence-electron chi connectivity index (χ1n) is 10.9. The average Bonchev–Trinajstić information content (AvgIpc) is 2.82. The van der Waals surface area contributed by atoms with Crippen LogP contribution in [0.15, 0.2) is 0 Å². The molecule has 10 nitrogen and oxygen atoms in total. The van der Waals surface area contributed by atoms with Gasteiger partial charge in [0.25, 0.3) is 10.1 Å². The first kappa shape index (κ1) is 44.8. The Hall–Kier alpha value is -1.29. The van der Waals surface area contributed by atoms with Crippen molar-refractivity contribution in [2.45, 2.75) is 79.4 Å². The van der Waals surface area contributed by atoms with E-state index in [2.05, 4.69) is 12.5 Å². The number of rotatable bonds is 16. The summed E-state index contributed by atoms with van der Waals surface area (Å²) in [4.78, 5) is 0. The third kappa shape index (κ3) is 10.1. The van der Waals surface area contributed by atoms with Crippen LogP contribution in [-0.2, 0) is 42.9 Å². The number of aliphatic hydroxyl groups excluding tert-OH is 1. The van der Waals surface area contributed by atoms with Crippen molar-refractivity contribution in [1.82, 2.24) is 0 Å². The Morgan fingerprint density at radius 2 is 0.932 bits per heavy atom. The monoisotopic (exact) mass is 750 g/mol. The van der Waals surface area contributed by atoms with Crippen molar-refractivity contribution in [1.29, 1.82) is 0 Å². The molecule has 3 unspecified atom stereocenters. The van der Waals surface area contributed by atoms with Gasteiger partial charge in [-0.05, 0) is 26.7 Å². The predicted octanol–water partition coefficient (Wildman–Crippen LogP) is 4.20. The molecule has 44 heavy (non-hydrogen) atoms. The summed E-state index contributed by atoms with van der Waals surface area (Å²) in [7, 11) is -17.1. The number of hydrogen-bond donors (Lipinski definition) is 1. The Kier molecular flexibility index (Phi) is 15.4. The van der Waals surface area contributed by atoms with E-state index >= 15 is 0 Å². The number of alkyl halides is 14. The van der Waals surface area contributed by atoms with Crippen LogP contribution < -0.4 is 0 Å². The van der Waals surface area contributed by atoms with E-state index in [1.807, 2.05) is 0 Å². The van der Waals surface area contributed by atoms with Gasteiger partial charge in [-0.3, -0.25) is 8.37 Å². The van der Waals surface area contributed by atoms with Crippen LogP contribution in [0.5, 0.6) is 0 Å². The molecule has 0 aromatic heterocycles. The molecule has 268 valence electrons. The van der Waals surface area contributed by atoms with Gasteiger partial charge in [-0.25, -0.2) is 21.7 Å². The fourth-order valence-corrected chi connectivity index (χ4v) is 4.82. The van der Waals surface area contributed by atoms with Crippen molar-refractivity contribution in [3.05, 3.63) is 0 Å². The minimum absolute atomic E-state index is 0.0323. The highest BCUT2D eigenvalue weighted by molar-refractivity contribution is 7.88. The third-order valence-corrected chi connectivity index (χ3v) is 9.79. The van der Waals surface area contributed by atoms with Crippen molar-refractivity contribution in [2.24, 2.45) is 0 Å². The largest absolute Gasteiger partial charge is 0.458 e. The molecule has 0 aromatic rings. The molecule has 0 aliphatic rings. The zero-order valence-corrected chi connectivity index (χ0v) is 24.5. The molecule has 0 saturated heterocycles. The summed E-state index contributed by atoms with van der Waals surface area (Å²) < 4.78 is 254. The van der Waals surface area contributed by atoms with Gasteiger partial charge in [0.1, 0.15) is 18.6 Å². The maximum absolute atomic E-state index is 13.7. The highest BCUT2D eigenvalue weighted by Gasteiger charge is 2.76. The van der Waals surface area contributed by atoms with Gasteiger partial charge in [0.2, 0.25) is 0 Å². The summed E-state index contributed by atoms with van der Waals surface area (Å²) >= 11 is 0. The summed E-state index contributed by atoms with van der Waals surface area (Å²) in [6.07, 6.45) is -16.1. The highest BCUT2D eigenvalue weighted by Crippen LogP contribution is 2.49. The summed E-state index contributed by atoms with van der Waals surface area (Å²) in [5, 5.41) is -3.81. The van der Waals surface area contributed by atoms with Crippen LogP contribution in [0, 0.1) is 0 Å². The smallest absolute Gasteiger partial charge is 0.367 e. The summed E-state index contributed by atoms with van der Waals surface area (Å²) in [6.45, 7) is -5.88. The molecule has 3 atom stereocenters. The van der Waals surface area contributed by atoms with E-state index in [9.17, 15) is 86.7 Å². The van der Waals surface area contributed by atoms with Crippen LogP contribution >= 0.6 is 0 Å². The SMILES string of the molecule is CC(F)(C(F)(F)C(F)(F)F)S(=O)(=O)OCCCOS(=O)(=O)C(C)(F)C(F)(F)C(F)(F)F.CCC(O)OS(=O)(=O)C(CF)CF. The molecule has 0 fully saturated rings. The first-order chi connectivity index (χ1) is 19.2. The quantitative estimate of drug-likeness (QED) is 0.105. The van der Waals surface area contributed by atoms with Gasteiger partial charge >= 0.3 is 54.4 Å². The predicted molar refractivity (Wildman–Crippen MR) is 117 cm³/mol. The zero-order valence-electron chi connectivity index (χ0n) is 22.0. The maximum Gasteiger partial charge on any atom is 0.458 e. The normalized spacial score (nSPS) is 17.8. The van der Waals surface area contributed by atoms with Crippen LogP contribution in [0.25, 0.3) is 0 Å². The van der Waals surface area contributed by atoms with Crippen LogP contribution in [-0.4, -0.2) is 103 Å². The van der Waals surface area contributed by atoms with Crippen molar-refractivity contribution in [2.75, 3.05) is 26.6 Å². The molecular formula is C17H24F14O10S3. The van der Waals surface area contributed by atoms with Gasteiger partial charge in [0.05, 0.1) is 13.2 Å². The second-order valence-electron chi connectivity index (χ2n) is 8.27. The van der Waals surface area contributed by atoms with Crippen LogP contribution in [0.4, 0.5) is 61.5 Å². The van der Waals surface area contributed by atoms with E-state index in [-0.39, 0.29) is 6.42 Å². The summed E-state index contributed by atoms with van der Waals surface area (Å²) in [5.74, 6) is -12.9. The Labute approximate surface area is 241 Å². The van der Waals surface area contributed by atoms with E-state index in [1.165, 1.54) is 6.92 Å². The second kappa shape index (κ2) is 15.1. The second-order valence-corrected chi connectivity index (χ2v) is 13.9. The molecule has 0 rings (SSSR count). The molecule has 0 radical (unpaired) electrons. The first-order valence-corrected chi connectivity index (χ1v) is 15.2. The Bertz CT molecular complexity index is 1160. The van der Waals surface area contributed by atoms with Crippen molar-refractivity contribution < 1.29 is 104 Å². The van der Waals surface area contributed by atoms with E-state index in [0.29, 0.717) is 0 Å². The molecule has 1 N–H and O–H groups in total.